The summed E-state index contributed by atoms with van der Waals surface area (Å²) in [6.45, 7) is 7.57. The Bertz CT molecular complexity index is 744. The molecule has 2 aliphatic rings. The largest absolute Gasteiger partial charge is 0.325 e. The van der Waals surface area contributed by atoms with Gasteiger partial charge in [0.1, 0.15) is 0 Å². The molecule has 1 N–H and O–H groups in total. The van der Waals surface area contributed by atoms with Crippen molar-refractivity contribution in [1.29, 1.82) is 0 Å². The third kappa shape index (κ3) is 4.02. The van der Waals surface area contributed by atoms with Crippen molar-refractivity contribution >= 4 is 33.4 Å². The van der Waals surface area contributed by atoms with E-state index < -0.39 is 10.0 Å². The van der Waals surface area contributed by atoms with Crippen LogP contribution >= 0.6 is 11.8 Å². The number of nitrogens with zero attached hydrogens (tertiary/aromatic N) is 2. The second kappa shape index (κ2) is 7.65. The van der Waals surface area contributed by atoms with E-state index in [9.17, 15) is 13.2 Å². The molecular formula is C17H25N3O3S2. The minimum absolute atomic E-state index is 0.0611. The summed E-state index contributed by atoms with van der Waals surface area (Å²) in [5, 5.41) is 2.86. The Kier molecular flexibility index (Phi) is 5.72. The highest BCUT2D eigenvalue weighted by atomic mass is 32.2. The molecule has 2 aliphatic heterocycles. The first-order valence-corrected chi connectivity index (χ1v) is 11.1. The SMILES string of the molecule is CCCN1CCN(S(=O)(=O)c2ccc3c(c2)NC(=O)[C@H](C)CS3)CC1. The van der Waals surface area contributed by atoms with Gasteiger partial charge < -0.3 is 10.2 Å². The average molecular weight is 384 g/mol. The molecule has 1 fully saturated rings. The number of nitrogens with one attached hydrogen (secondary N) is 1. The van der Waals surface area contributed by atoms with E-state index in [1.807, 2.05) is 6.92 Å². The van der Waals surface area contributed by atoms with Gasteiger partial charge in [-0.1, -0.05) is 13.8 Å². The van der Waals surface area contributed by atoms with Gasteiger partial charge in [0.25, 0.3) is 0 Å². The summed E-state index contributed by atoms with van der Waals surface area (Å²) in [6.07, 6.45) is 1.08. The fourth-order valence-corrected chi connectivity index (χ4v) is 5.56. The van der Waals surface area contributed by atoms with Crippen LogP contribution in [0.15, 0.2) is 28.0 Å². The number of thioether (sulfide) groups is 1. The standard InChI is InChI=1S/C17H25N3O3S2/c1-3-6-19-7-9-20(10-8-19)25(22,23)14-4-5-16-15(11-14)18-17(21)13(2)12-24-16/h4-5,11,13H,3,6-10,12H2,1-2H3,(H,18,21)/t13-/m1/s1. The number of hydrogen-bond acceptors (Lipinski definition) is 5. The molecule has 138 valence electrons. The van der Waals surface area contributed by atoms with E-state index in [1.54, 1.807) is 34.3 Å². The molecule has 0 spiro atoms. The summed E-state index contributed by atoms with van der Waals surface area (Å²) in [5.41, 5.74) is 0.602. The van der Waals surface area contributed by atoms with Crippen LogP contribution in [-0.4, -0.2) is 62.0 Å². The van der Waals surface area contributed by atoms with E-state index >= 15 is 0 Å². The lowest BCUT2D eigenvalue weighted by Crippen LogP contribution is -2.48. The Morgan fingerprint density at radius 2 is 1.96 bits per heavy atom. The normalized spacial score (nSPS) is 23.0. The van der Waals surface area contributed by atoms with Crippen LogP contribution in [0.2, 0.25) is 0 Å². The molecule has 0 unspecified atom stereocenters. The second-order valence-corrected chi connectivity index (χ2v) is 9.60. The highest BCUT2D eigenvalue weighted by Gasteiger charge is 2.29. The summed E-state index contributed by atoms with van der Waals surface area (Å²) < 4.78 is 27.5. The first-order valence-electron chi connectivity index (χ1n) is 8.72. The number of amides is 1. The molecule has 0 radical (unpaired) electrons. The maximum absolute atomic E-state index is 13.0. The molecule has 2 heterocycles. The highest BCUT2D eigenvalue weighted by molar-refractivity contribution is 7.99. The van der Waals surface area contributed by atoms with E-state index in [-0.39, 0.29) is 16.7 Å². The number of piperazine rings is 1. The molecule has 3 rings (SSSR count). The molecule has 0 aromatic heterocycles. The predicted molar refractivity (Wildman–Crippen MR) is 100 cm³/mol. The van der Waals surface area contributed by atoms with E-state index in [2.05, 4.69) is 17.1 Å². The van der Waals surface area contributed by atoms with Gasteiger partial charge in [-0.3, -0.25) is 4.79 Å². The van der Waals surface area contributed by atoms with Gasteiger partial charge >= 0.3 is 0 Å². The number of benzene rings is 1. The quantitative estimate of drug-likeness (QED) is 0.862. The van der Waals surface area contributed by atoms with E-state index in [0.717, 1.165) is 31.0 Å². The predicted octanol–water partition coefficient (Wildman–Crippen LogP) is 2.08. The molecule has 25 heavy (non-hydrogen) atoms. The number of carbonyl (C=O) groups excluding carboxylic acids is 1. The molecule has 0 aliphatic carbocycles. The average Bonchev–Trinajstić information content (AvgIpc) is 2.74. The van der Waals surface area contributed by atoms with Gasteiger partial charge in [-0.2, -0.15) is 4.31 Å². The zero-order valence-corrected chi connectivity index (χ0v) is 16.3. The van der Waals surface area contributed by atoms with Gasteiger partial charge in [-0.25, -0.2) is 8.42 Å². The van der Waals surface area contributed by atoms with Gasteiger partial charge in [0.2, 0.25) is 15.9 Å². The maximum Gasteiger partial charge on any atom is 0.243 e. The number of sulfonamides is 1. The molecule has 1 saturated heterocycles. The van der Waals surface area contributed by atoms with Gasteiger partial charge in [-0.05, 0) is 31.2 Å². The molecule has 6 nitrogen and oxygen atoms in total. The topological polar surface area (TPSA) is 69.7 Å². The fourth-order valence-electron chi connectivity index (χ4n) is 3.10. The number of carbonyl (C=O) groups is 1. The van der Waals surface area contributed by atoms with Crippen molar-refractivity contribution in [2.24, 2.45) is 5.92 Å². The minimum atomic E-state index is -3.53. The summed E-state index contributed by atoms with van der Waals surface area (Å²) in [4.78, 5) is 15.5. The van der Waals surface area contributed by atoms with Crippen LogP contribution < -0.4 is 5.32 Å². The second-order valence-electron chi connectivity index (χ2n) is 6.60. The van der Waals surface area contributed by atoms with Crippen LogP contribution in [0.3, 0.4) is 0 Å². The molecule has 1 aromatic carbocycles. The van der Waals surface area contributed by atoms with Crippen LogP contribution in [0.25, 0.3) is 0 Å². The molecule has 1 amide bonds. The lowest BCUT2D eigenvalue weighted by atomic mass is 10.2. The van der Waals surface area contributed by atoms with Crippen molar-refractivity contribution in [3.8, 4) is 0 Å². The molecule has 0 bridgehead atoms. The molecular weight excluding hydrogens is 358 g/mol. The van der Waals surface area contributed by atoms with Crippen molar-refractivity contribution in [2.75, 3.05) is 43.8 Å². The summed E-state index contributed by atoms with van der Waals surface area (Å²) >= 11 is 1.58. The molecule has 0 saturated carbocycles. The summed E-state index contributed by atoms with van der Waals surface area (Å²) in [7, 11) is -3.53. The van der Waals surface area contributed by atoms with Crippen molar-refractivity contribution in [3.63, 3.8) is 0 Å². The van der Waals surface area contributed by atoms with E-state index in [1.165, 1.54) is 0 Å². The van der Waals surface area contributed by atoms with E-state index in [0.29, 0.717) is 24.5 Å². The van der Waals surface area contributed by atoms with Crippen LogP contribution in [0, 0.1) is 5.92 Å². The molecule has 1 aromatic rings. The Morgan fingerprint density at radius 3 is 2.64 bits per heavy atom. The van der Waals surface area contributed by atoms with Crippen LogP contribution in [0.4, 0.5) is 5.69 Å². The monoisotopic (exact) mass is 383 g/mol. The van der Waals surface area contributed by atoms with Crippen molar-refractivity contribution in [1.82, 2.24) is 9.21 Å². The number of fused-ring (bicyclic) bond motifs is 1. The van der Waals surface area contributed by atoms with Gasteiger partial charge in [0, 0.05) is 42.7 Å². The highest BCUT2D eigenvalue weighted by Crippen LogP contribution is 2.34. The minimum Gasteiger partial charge on any atom is -0.325 e. The maximum atomic E-state index is 13.0. The molecule has 8 heteroatoms. The number of hydrogen-bond donors (Lipinski definition) is 1. The summed E-state index contributed by atoms with van der Waals surface area (Å²) in [5.74, 6) is 0.544. The first-order chi connectivity index (χ1) is 11.9. The Morgan fingerprint density at radius 1 is 1.24 bits per heavy atom. The lowest BCUT2D eigenvalue weighted by molar-refractivity contribution is -0.118. The van der Waals surface area contributed by atoms with E-state index in [4.69, 9.17) is 0 Å². The lowest BCUT2D eigenvalue weighted by Gasteiger charge is -2.33. The number of anilines is 1. The van der Waals surface area contributed by atoms with Gasteiger partial charge in [0.05, 0.1) is 10.6 Å². The van der Waals surface area contributed by atoms with Gasteiger partial charge in [-0.15, -0.1) is 11.8 Å². The van der Waals surface area contributed by atoms with Crippen molar-refractivity contribution < 1.29 is 13.2 Å². The number of rotatable bonds is 4. The van der Waals surface area contributed by atoms with Crippen molar-refractivity contribution in [3.05, 3.63) is 18.2 Å². The van der Waals surface area contributed by atoms with Crippen LogP contribution in [0.5, 0.6) is 0 Å². The Balaban J connectivity index is 1.80. The smallest absolute Gasteiger partial charge is 0.243 e. The third-order valence-corrected chi connectivity index (χ3v) is 7.88. The Hall–Kier alpha value is -1.09. The fraction of sp³-hybridized carbons (Fsp3) is 0.588. The Labute approximate surface area is 154 Å². The first kappa shape index (κ1) is 18.7. The summed E-state index contributed by atoms with van der Waals surface area (Å²) in [6, 6.07) is 5.06. The van der Waals surface area contributed by atoms with Gasteiger partial charge in [0.15, 0.2) is 0 Å². The van der Waals surface area contributed by atoms with Crippen LogP contribution in [0.1, 0.15) is 20.3 Å². The van der Waals surface area contributed by atoms with Crippen LogP contribution in [-0.2, 0) is 14.8 Å². The zero-order valence-electron chi connectivity index (χ0n) is 14.7. The molecule has 1 atom stereocenters. The third-order valence-electron chi connectivity index (χ3n) is 4.65. The zero-order chi connectivity index (χ0) is 18.0. The van der Waals surface area contributed by atoms with Crippen molar-refractivity contribution in [2.45, 2.75) is 30.1 Å².